The standard InChI is InChI=1S/C14H24O7/c1-12(2)13(17)21-7-6-19-10-14(3,8-15)9-18-4-5-20-11-16/h11,15H,1,4-10H2,2-3H3. The fourth-order valence-electron chi connectivity index (χ4n) is 1.24. The molecule has 0 spiro atoms. The van der Waals surface area contributed by atoms with Crippen LogP contribution in [0.25, 0.3) is 0 Å². The maximum atomic E-state index is 11.1. The number of carbonyl (C=O) groups is 2. The molecular weight excluding hydrogens is 280 g/mol. The molecule has 21 heavy (non-hydrogen) atoms. The van der Waals surface area contributed by atoms with Gasteiger partial charge >= 0.3 is 5.97 Å². The number of rotatable bonds is 13. The van der Waals surface area contributed by atoms with E-state index in [4.69, 9.17) is 14.2 Å². The molecule has 7 nitrogen and oxygen atoms in total. The lowest BCUT2D eigenvalue weighted by atomic mass is 9.94. The van der Waals surface area contributed by atoms with Crippen LogP contribution in [0, 0.1) is 5.41 Å². The van der Waals surface area contributed by atoms with Crippen LogP contribution in [-0.2, 0) is 28.5 Å². The van der Waals surface area contributed by atoms with Crippen LogP contribution in [0.15, 0.2) is 12.2 Å². The first-order chi connectivity index (χ1) is 9.95. The van der Waals surface area contributed by atoms with Crippen LogP contribution < -0.4 is 0 Å². The zero-order valence-corrected chi connectivity index (χ0v) is 12.6. The highest BCUT2D eigenvalue weighted by Crippen LogP contribution is 2.16. The third-order valence-electron chi connectivity index (χ3n) is 2.51. The zero-order valence-electron chi connectivity index (χ0n) is 12.6. The van der Waals surface area contributed by atoms with Crippen LogP contribution in [0.5, 0.6) is 0 Å². The topological polar surface area (TPSA) is 91.3 Å². The van der Waals surface area contributed by atoms with Gasteiger partial charge in [-0.1, -0.05) is 13.5 Å². The van der Waals surface area contributed by atoms with E-state index >= 15 is 0 Å². The highest BCUT2D eigenvalue weighted by Gasteiger charge is 2.24. The lowest BCUT2D eigenvalue weighted by Crippen LogP contribution is -2.34. The first-order valence-electron chi connectivity index (χ1n) is 6.59. The molecule has 0 bridgehead atoms. The van der Waals surface area contributed by atoms with Gasteiger partial charge in [-0.2, -0.15) is 0 Å². The molecule has 0 fully saturated rings. The van der Waals surface area contributed by atoms with Crippen molar-refractivity contribution in [3.8, 4) is 0 Å². The predicted molar refractivity (Wildman–Crippen MR) is 74.6 cm³/mol. The molecule has 0 heterocycles. The summed E-state index contributed by atoms with van der Waals surface area (Å²) in [5.74, 6) is -0.456. The fraction of sp³-hybridized carbons (Fsp3) is 0.714. The van der Waals surface area contributed by atoms with Crippen molar-refractivity contribution in [2.45, 2.75) is 13.8 Å². The van der Waals surface area contributed by atoms with Gasteiger partial charge in [0.1, 0.15) is 13.2 Å². The maximum absolute atomic E-state index is 11.1. The molecule has 0 amide bonds. The average Bonchev–Trinajstić information content (AvgIpc) is 2.46. The molecule has 7 heteroatoms. The summed E-state index contributed by atoms with van der Waals surface area (Å²) < 4.78 is 20.0. The highest BCUT2D eigenvalue weighted by molar-refractivity contribution is 5.86. The summed E-state index contributed by atoms with van der Waals surface area (Å²) in [6, 6.07) is 0. The van der Waals surface area contributed by atoms with Gasteiger partial charge in [0.15, 0.2) is 0 Å². The quantitative estimate of drug-likeness (QED) is 0.227. The van der Waals surface area contributed by atoms with Gasteiger partial charge in [-0.3, -0.25) is 4.79 Å². The number of carbonyl (C=O) groups excluding carboxylic acids is 2. The molecule has 0 aliphatic carbocycles. The van der Waals surface area contributed by atoms with E-state index in [0.717, 1.165) is 0 Å². The van der Waals surface area contributed by atoms with Gasteiger partial charge in [-0.25, -0.2) is 4.79 Å². The number of aliphatic hydroxyl groups is 1. The van der Waals surface area contributed by atoms with E-state index in [0.29, 0.717) is 12.0 Å². The Morgan fingerprint density at radius 3 is 2.24 bits per heavy atom. The van der Waals surface area contributed by atoms with Crippen molar-refractivity contribution >= 4 is 12.4 Å². The van der Waals surface area contributed by atoms with Crippen LogP contribution >= 0.6 is 0 Å². The lowest BCUT2D eigenvalue weighted by molar-refractivity contribution is -0.141. The van der Waals surface area contributed by atoms with Crippen molar-refractivity contribution in [1.82, 2.24) is 0 Å². The Bertz CT molecular complexity index is 329. The summed E-state index contributed by atoms with van der Waals surface area (Å²) in [4.78, 5) is 21.0. The van der Waals surface area contributed by atoms with E-state index < -0.39 is 11.4 Å². The summed E-state index contributed by atoms with van der Waals surface area (Å²) in [6.45, 7) is 8.35. The minimum Gasteiger partial charge on any atom is -0.465 e. The first-order valence-corrected chi connectivity index (χ1v) is 6.59. The summed E-state index contributed by atoms with van der Waals surface area (Å²) in [5, 5.41) is 9.36. The lowest BCUT2D eigenvalue weighted by Gasteiger charge is -2.26. The second-order valence-corrected chi connectivity index (χ2v) is 4.96. The molecule has 0 radical (unpaired) electrons. The van der Waals surface area contributed by atoms with Crippen molar-refractivity contribution in [3.05, 3.63) is 12.2 Å². The SMILES string of the molecule is C=C(C)C(=O)OCCOCC(C)(CO)COCCOC=O. The van der Waals surface area contributed by atoms with Crippen LogP contribution in [0.2, 0.25) is 0 Å². The minimum absolute atomic E-state index is 0.118. The Labute approximate surface area is 124 Å². The number of aliphatic hydroxyl groups excluding tert-OH is 1. The molecule has 1 unspecified atom stereocenters. The zero-order chi connectivity index (χ0) is 16.1. The largest absolute Gasteiger partial charge is 0.465 e. The smallest absolute Gasteiger partial charge is 0.333 e. The van der Waals surface area contributed by atoms with E-state index in [1.54, 1.807) is 13.8 Å². The molecule has 122 valence electrons. The van der Waals surface area contributed by atoms with E-state index in [2.05, 4.69) is 11.3 Å². The first kappa shape index (κ1) is 19.6. The second kappa shape index (κ2) is 11.2. The molecule has 0 aromatic heterocycles. The van der Waals surface area contributed by atoms with Crippen molar-refractivity contribution in [2.24, 2.45) is 5.41 Å². The van der Waals surface area contributed by atoms with Crippen molar-refractivity contribution < 1.29 is 33.6 Å². The van der Waals surface area contributed by atoms with Crippen molar-refractivity contribution in [2.75, 3.05) is 46.2 Å². The normalized spacial score (nSPS) is 13.3. The summed E-state index contributed by atoms with van der Waals surface area (Å²) in [5.41, 5.74) is -0.236. The third kappa shape index (κ3) is 10.0. The molecule has 0 aliphatic rings. The molecule has 0 aromatic carbocycles. The minimum atomic E-state index is -0.570. The molecule has 0 rings (SSSR count). The van der Waals surface area contributed by atoms with Crippen molar-refractivity contribution in [3.63, 3.8) is 0 Å². The van der Waals surface area contributed by atoms with E-state index in [1.807, 2.05) is 0 Å². The third-order valence-corrected chi connectivity index (χ3v) is 2.51. The molecule has 0 aliphatic heterocycles. The summed E-state index contributed by atoms with van der Waals surface area (Å²) in [6.07, 6.45) is 0. The van der Waals surface area contributed by atoms with Crippen LogP contribution in [0.3, 0.4) is 0 Å². The second-order valence-electron chi connectivity index (χ2n) is 4.96. The monoisotopic (exact) mass is 304 g/mol. The number of esters is 1. The van der Waals surface area contributed by atoms with Gasteiger partial charge in [0.05, 0.1) is 33.0 Å². The summed E-state index contributed by atoms with van der Waals surface area (Å²) >= 11 is 0. The van der Waals surface area contributed by atoms with E-state index in [-0.39, 0.29) is 46.2 Å². The van der Waals surface area contributed by atoms with Crippen LogP contribution in [0.1, 0.15) is 13.8 Å². The van der Waals surface area contributed by atoms with Crippen molar-refractivity contribution in [1.29, 1.82) is 0 Å². The van der Waals surface area contributed by atoms with Crippen LogP contribution in [0.4, 0.5) is 0 Å². The molecule has 0 saturated heterocycles. The predicted octanol–water partition coefficient (Wildman–Crippen LogP) is 0.310. The maximum Gasteiger partial charge on any atom is 0.333 e. The van der Waals surface area contributed by atoms with E-state index in [9.17, 15) is 14.7 Å². The van der Waals surface area contributed by atoms with Gasteiger partial charge in [0, 0.05) is 11.0 Å². The number of ether oxygens (including phenoxy) is 4. The van der Waals surface area contributed by atoms with Gasteiger partial charge in [-0.05, 0) is 6.92 Å². The van der Waals surface area contributed by atoms with E-state index in [1.165, 1.54) is 0 Å². The number of hydrogen-bond acceptors (Lipinski definition) is 7. The molecule has 0 saturated carbocycles. The number of hydrogen-bond donors (Lipinski definition) is 1. The fourth-order valence-corrected chi connectivity index (χ4v) is 1.24. The van der Waals surface area contributed by atoms with Gasteiger partial charge in [0.25, 0.3) is 6.47 Å². The van der Waals surface area contributed by atoms with Gasteiger partial charge in [0.2, 0.25) is 0 Å². The molecule has 1 atom stereocenters. The Balaban J connectivity index is 3.78. The molecule has 0 aromatic rings. The Morgan fingerprint density at radius 2 is 1.76 bits per heavy atom. The Morgan fingerprint density at radius 1 is 1.19 bits per heavy atom. The molecular formula is C14H24O7. The molecule has 1 N–H and O–H groups in total. The Kier molecular flexibility index (Phi) is 10.5. The summed E-state index contributed by atoms with van der Waals surface area (Å²) in [7, 11) is 0. The van der Waals surface area contributed by atoms with Crippen LogP contribution in [-0.4, -0.2) is 63.8 Å². The van der Waals surface area contributed by atoms with Gasteiger partial charge in [-0.15, -0.1) is 0 Å². The highest BCUT2D eigenvalue weighted by atomic mass is 16.6. The Hall–Kier alpha value is -1.44. The average molecular weight is 304 g/mol. The van der Waals surface area contributed by atoms with Gasteiger partial charge < -0.3 is 24.1 Å².